The van der Waals surface area contributed by atoms with Crippen LogP contribution in [0.3, 0.4) is 0 Å². The van der Waals surface area contributed by atoms with Gasteiger partial charge in [-0.15, -0.1) is 0 Å². The fourth-order valence-corrected chi connectivity index (χ4v) is 5.44. The quantitative estimate of drug-likeness (QED) is 0.0586. The number of carbonyl (C=O) groups excluding carboxylic acids is 4. The number of quaternary nitrogens is 2. The molecule has 0 aromatic carbocycles. The van der Waals surface area contributed by atoms with Gasteiger partial charge in [0.25, 0.3) is 0 Å². The summed E-state index contributed by atoms with van der Waals surface area (Å²) in [5, 5.41) is 0. The van der Waals surface area contributed by atoms with Crippen LogP contribution in [0.2, 0.25) is 0 Å². The minimum Gasteiger partial charge on any atom is -1.00 e. The van der Waals surface area contributed by atoms with Crippen LogP contribution in [0.4, 0.5) is 0 Å². The first kappa shape index (κ1) is 38.3. The second-order valence-electron chi connectivity index (χ2n) is 11.2. The average Bonchev–Trinajstić information content (AvgIpc) is 2.80. The summed E-state index contributed by atoms with van der Waals surface area (Å²) >= 11 is 0. The normalized spacial score (nSPS) is 26.3. The van der Waals surface area contributed by atoms with Gasteiger partial charge in [-0.2, -0.15) is 0 Å². The number of likely N-dealkylation sites (N-methyl/N-ethyl adjacent to an activating group) is 2. The monoisotopic (exact) mass is 782 g/mol. The minimum atomic E-state index is -0.253. The van der Waals surface area contributed by atoms with Crippen LogP contribution in [0, 0.1) is 0 Å². The Morgan fingerprint density at radius 1 is 0.667 bits per heavy atom. The summed E-state index contributed by atoms with van der Waals surface area (Å²) in [4.78, 5) is 46.8. The lowest BCUT2D eigenvalue weighted by Crippen LogP contribution is -3.00. The number of halogens is 2. The molecule has 0 amide bonds. The molecule has 12 heteroatoms. The zero-order valence-corrected chi connectivity index (χ0v) is 28.4. The lowest BCUT2D eigenvalue weighted by molar-refractivity contribution is -0.916. The van der Waals surface area contributed by atoms with Crippen molar-refractivity contribution in [3.63, 3.8) is 0 Å². The number of ether oxygens (including phenoxy) is 4. The van der Waals surface area contributed by atoms with Crippen molar-refractivity contribution in [3.8, 4) is 0 Å². The molecule has 228 valence electrons. The van der Waals surface area contributed by atoms with Gasteiger partial charge in [0, 0.05) is 26.7 Å². The summed E-state index contributed by atoms with van der Waals surface area (Å²) in [6, 6.07) is 0. The van der Waals surface area contributed by atoms with E-state index in [4.69, 9.17) is 18.9 Å². The molecule has 2 fully saturated rings. The number of hydrogen-bond donors (Lipinski definition) is 0. The highest BCUT2D eigenvalue weighted by Gasteiger charge is 2.34. The van der Waals surface area contributed by atoms with Gasteiger partial charge in [-0.05, 0) is 32.1 Å². The fourth-order valence-electron chi connectivity index (χ4n) is 5.44. The van der Waals surface area contributed by atoms with Gasteiger partial charge >= 0.3 is 23.9 Å². The Bertz CT molecular complexity index is 725. The number of hydrogen-bond acceptors (Lipinski definition) is 8. The van der Waals surface area contributed by atoms with Crippen LogP contribution in [0.25, 0.3) is 0 Å². The Morgan fingerprint density at radius 2 is 1.05 bits per heavy atom. The molecule has 4 atom stereocenters. The van der Waals surface area contributed by atoms with E-state index in [0.717, 1.165) is 71.1 Å². The summed E-state index contributed by atoms with van der Waals surface area (Å²) in [6.07, 6.45) is 6.54. The van der Waals surface area contributed by atoms with Crippen LogP contribution in [-0.4, -0.2) is 112 Å². The smallest absolute Gasteiger partial charge is 0.311 e. The molecule has 0 aromatic heterocycles. The molecule has 2 aliphatic rings. The number of carbonyl (C=O) groups is 4. The van der Waals surface area contributed by atoms with Gasteiger partial charge in [-0.25, -0.2) is 0 Å². The molecular weight excluding hydrogens is 734 g/mol. The first-order valence-electron chi connectivity index (χ1n) is 13.8. The second-order valence-corrected chi connectivity index (χ2v) is 11.2. The molecule has 4 unspecified atom stereocenters. The number of likely N-dealkylation sites (tertiary alicyclic amines) is 2. The molecular formula is C27H48I2N2O8. The van der Waals surface area contributed by atoms with E-state index in [1.807, 2.05) is 0 Å². The van der Waals surface area contributed by atoms with Crippen molar-refractivity contribution in [1.82, 2.24) is 0 Å². The zero-order valence-electron chi connectivity index (χ0n) is 24.1. The molecule has 2 saturated heterocycles. The van der Waals surface area contributed by atoms with Gasteiger partial charge in [0.2, 0.25) is 0 Å². The average molecular weight is 782 g/mol. The SMILES string of the molecule is CC(=O)OC1CCC[N+](C)(CCC(=O)OCCCCCOC(=O)CC[N+]2(C)CCCC(OC(C)=O)C2)C1.[I-].[I-]. The fraction of sp³-hybridized carbons (Fsp3) is 0.852. The summed E-state index contributed by atoms with van der Waals surface area (Å²) in [5.74, 6) is -0.913. The predicted octanol–water partition coefficient (Wildman–Crippen LogP) is -3.62. The van der Waals surface area contributed by atoms with E-state index in [2.05, 4.69) is 14.1 Å². The van der Waals surface area contributed by atoms with Crippen LogP contribution >= 0.6 is 0 Å². The number of esters is 4. The Balaban J connectivity index is 0.00000722. The number of unbranched alkanes of at least 4 members (excludes halogenated alkanes) is 2. The molecule has 39 heavy (non-hydrogen) atoms. The standard InChI is InChI=1S/C27H48N2O8.2HI/c1-22(30)36-24-10-8-14-28(3,20-24)16-12-26(32)34-18-6-5-7-19-35-27(33)13-17-29(4)15-9-11-25(21-29)37-23(2)31;;/h24-25H,5-21H2,1-4H3;2*1H/q+2;;/p-2. The summed E-state index contributed by atoms with van der Waals surface area (Å²) in [7, 11) is 4.19. The van der Waals surface area contributed by atoms with Gasteiger partial charge in [0.15, 0.2) is 12.2 Å². The molecule has 2 rings (SSSR count). The number of rotatable bonds is 14. The van der Waals surface area contributed by atoms with E-state index < -0.39 is 0 Å². The summed E-state index contributed by atoms with van der Waals surface area (Å²) < 4.78 is 22.9. The maximum atomic E-state index is 12.2. The maximum absolute atomic E-state index is 12.2. The molecule has 0 bridgehead atoms. The van der Waals surface area contributed by atoms with Gasteiger partial charge in [-0.1, -0.05) is 0 Å². The van der Waals surface area contributed by atoms with Crippen LogP contribution in [0.1, 0.15) is 71.6 Å². The third-order valence-electron chi connectivity index (χ3n) is 7.43. The highest BCUT2D eigenvalue weighted by molar-refractivity contribution is 5.69. The van der Waals surface area contributed by atoms with Crippen molar-refractivity contribution in [3.05, 3.63) is 0 Å². The Hall–Kier alpha value is -0.740. The van der Waals surface area contributed by atoms with E-state index >= 15 is 0 Å². The van der Waals surface area contributed by atoms with Crippen molar-refractivity contribution in [2.24, 2.45) is 0 Å². The molecule has 0 radical (unpaired) electrons. The molecule has 2 heterocycles. The van der Waals surface area contributed by atoms with E-state index in [9.17, 15) is 19.2 Å². The molecule has 0 spiro atoms. The Labute approximate surface area is 268 Å². The summed E-state index contributed by atoms with van der Waals surface area (Å²) in [5.41, 5.74) is 0. The van der Waals surface area contributed by atoms with Crippen molar-refractivity contribution in [1.29, 1.82) is 0 Å². The Kier molecular flexibility index (Phi) is 19.0. The first-order chi connectivity index (χ1) is 17.5. The number of nitrogens with zero attached hydrogens (tertiary/aromatic N) is 2. The number of piperidine rings is 2. The summed E-state index contributed by atoms with van der Waals surface area (Å²) in [6.45, 7) is 8.36. The molecule has 0 N–H and O–H groups in total. The van der Waals surface area contributed by atoms with Gasteiger partial charge in [0.05, 0.1) is 66.3 Å². The van der Waals surface area contributed by atoms with Crippen LogP contribution < -0.4 is 48.0 Å². The molecule has 0 aromatic rings. The Morgan fingerprint density at radius 3 is 1.41 bits per heavy atom. The highest BCUT2D eigenvalue weighted by atomic mass is 127. The predicted molar refractivity (Wildman–Crippen MR) is 136 cm³/mol. The molecule has 0 saturated carbocycles. The van der Waals surface area contributed by atoms with Crippen molar-refractivity contribution in [2.75, 3.05) is 66.6 Å². The van der Waals surface area contributed by atoms with Crippen molar-refractivity contribution < 1.29 is 95.0 Å². The van der Waals surface area contributed by atoms with E-state index in [-0.39, 0.29) is 84.0 Å². The molecule has 2 aliphatic heterocycles. The van der Waals surface area contributed by atoms with Crippen LogP contribution in [-0.2, 0) is 38.1 Å². The highest BCUT2D eigenvalue weighted by Crippen LogP contribution is 2.21. The van der Waals surface area contributed by atoms with E-state index in [1.165, 1.54) is 13.8 Å². The molecule has 0 aliphatic carbocycles. The largest absolute Gasteiger partial charge is 1.00 e. The molecule has 10 nitrogen and oxygen atoms in total. The van der Waals surface area contributed by atoms with Gasteiger partial charge in [-0.3, -0.25) is 19.2 Å². The van der Waals surface area contributed by atoms with Crippen molar-refractivity contribution >= 4 is 23.9 Å². The van der Waals surface area contributed by atoms with Crippen molar-refractivity contribution in [2.45, 2.75) is 83.8 Å². The van der Waals surface area contributed by atoms with Gasteiger partial charge in [0.1, 0.15) is 13.1 Å². The third kappa shape index (κ3) is 16.3. The topological polar surface area (TPSA) is 105 Å². The third-order valence-corrected chi connectivity index (χ3v) is 7.43. The van der Waals surface area contributed by atoms with Crippen LogP contribution in [0.15, 0.2) is 0 Å². The lowest BCUT2D eigenvalue weighted by atomic mass is 10.1. The van der Waals surface area contributed by atoms with Gasteiger partial charge < -0.3 is 75.9 Å². The first-order valence-corrected chi connectivity index (χ1v) is 13.8. The lowest BCUT2D eigenvalue weighted by Gasteiger charge is -2.40. The van der Waals surface area contributed by atoms with Crippen LogP contribution in [0.5, 0.6) is 0 Å². The maximum Gasteiger partial charge on any atom is 0.311 e. The zero-order chi connectivity index (χ0) is 27.3. The van der Waals surface area contributed by atoms with E-state index in [1.54, 1.807) is 0 Å². The second kappa shape index (κ2) is 19.4. The minimum absolute atomic E-state index is 0. The van der Waals surface area contributed by atoms with E-state index in [0.29, 0.717) is 48.1 Å².